The van der Waals surface area contributed by atoms with Crippen molar-refractivity contribution in [2.75, 3.05) is 11.1 Å². The van der Waals surface area contributed by atoms with Gasteiger partial charge >= 0.3 is 0 Å². The lowest BCUT2D eigenvalue weighted by Gasteiger charge is -2.08. The molecule has 128 valence electrons. The van der Waals surface area contributed by atoms with Gasteiger partial charge in [-0.25, -0.2) is 4.98 Å². The Morgan fingerprint density at radius 3 is 2.84 bits per heavy atom. The highest BCUT2D eigenvalue weighted by atomic mass is 32.2. The Morgan fingerprint density at radius 2 is 2.16 bits per heavy atom. The molecule has 0 spiro atoms. The molecular weight excluding hydrogens is 356 g/mol. The van der Waals surface area contributed by atoms with Crippen molar-refractivity contribution in [3.8, 4) is 11.4 Å². The van der Waals surface area contributed by atoms with Crippen molar-refractivity contribution in [3.63, 3.8) is 0 Å². The lowest BCUT2D eigenvalue weighted by atomic mass is 10.2. The first-order valence-corrected chi connectivity index (χ1v) is 9.77. The Bertz CT molecular complexity index is 887. The van der Waals surface area contributed by atoms with E-state index in [1.54, 1.807) is 12.4 Å². The fourth-order valence-electron chi connectivity index (χ4n) is 2.43. The number of aromatic nitrogens is 5. The highest BCUT2D eigenvalue weighted by Gasteiger charge is 2.30. The zero-order valence-electron chi connectivity index (χ0n) is 13.5. The maximum Gasteiger partial charge on any atom is 0.236 e. The lowest BCUT2D eigenvalue weighted by Crippen LogP contribution is -2.14. The van der Waals surface area contributed by atoms with E-state index in [0.717, 1.165) is 35.1 Å². The minimum absolute atomic E-state index is 0.0878. The summed E-state index contributed by atoms with van der Waals surface area (Å²) in [4.78, 5) is 20.4. The van der Waals surface area contributed by atoms with Crippen molar-refractivity contribution in [3.05, 3.63) is 35.6 Å². The molecule has 0 saturated heterocycles. The number of hydrogen-bond acceptors (Lipinski definition) is 7. The van der Waals surface area contributed by atoms with E-state index in [1.165, 1.54) is 23.1 Å². The van der Waals surface area contributed by atoms with Gasteiger partial charge in [-0.05, 0) is 31.9 Å². The number of rotatable bonds is 6. The Labute approximate surface area is 152 Å². The van der Waals surface area contributed by atoms with Crippen LogP contribution in [0.5, 0.6) is 0 Å². The molecule has 0 aromatic carbocycles. The predicted octanol–water partition coefficient (Wildman–Crippen LogP) is 3.17. The quantitative estimate of drug-likeness (QED) is 0.669. The molecule has 3 aromatic heterocycles. The van der Waals surface area contributed by atoms with Gasteiger partial charge in [0, 0.05) is 29.4 Å². The molecule has 25 heavy (non-hydrogen) atoms. The number of pyridine rings is 1. The van der Waals surface area contributed by atoms with Gasteiger partial charge in [0.1, 0.15) is 0 Å². The standard InChI is InChI=1S/C16H16N6OS2/c1-10-8-24-15(18-10)19-13(23)9-25-16-21-20-14(22(16)12-2-3-12)11-4-6-17-7-5-11/h4-8,12H,2-3,9H2,1H3,(H,18,19,23). The molecule has 1 aliphatic rings. The molecule has 0 bridgehead atoms. The molecule has 9 heteroatoms. The first-order chi connectivity index (χ1) is 12.2. The maximum absolute atomic E-state index is 12.1. The molecule has 1 fully saturated rings. The molecule has 1 amide bonds. The van der Waals surface area contributed by atoms with E-state index in [0.29, 0.717) is 11.2 Å². The topological polar surface area (TPSA) is 85.6 Å². The average molecular weight is 372 g/mol. The molecule has 7 nitrogen and oxygen atoms in total. The van der Waals surface area contributed by atoms with Gasteiger partial charge in [0.25, 0.3) is 0 Å². The van der Waals surface area contributed by atoms with Crippen molar-refractivity contribution in [1.82, 2.24) is 24.7 Å². The number of nitrogens with zero attached hydrogens (tertiary/aromatic N) is 5. The van der Waals surface area contributed by atoms with Gasteiger partial charge < -0.3 is 5.32 Å². The second kappa shape index (κ2) is 6.93. The first-order valence-electron chi connectivity index (χ1n) is 7.91. The molecule has 3 heterocycles. The summed E-state index contributed by atoms with van der Waals surface area (Å²) < 4.78 is 2.14. The van der Waals surface area contributed by atoms with Gasteiger partial charge in [0.05, 0.1) is 11.4 Å². The van der Waals surface area contributed by atoms with E-state index in [4.69, 9.17) is 0 Å². The number of hydrogen-bond donors (Lipinski definition) is 1. The van der Waals surface area contributed by atoms with E-state index < -0.39 is 0 Å². The number of amides is 1. The Balaban J connectivity index is 1.47. The van der Waals surface area contributed by atoms with Crippen LogP contribution in [0.3, 0.4) is 0 Å². The number of thiazole rings is 1. The number of aryl methyl sites for hydroxylation is 1. The fourth-order valence-corrected chi connectivity index (χ4v) is 3.94. The zero-order chi connectivity index (χ0) is 17.2. The van der Waals surface area contributed by atoms with Crippen LogP contribution in [0.25, 0.3) is 11.4 Å². The summed E-state index contributed by atoms with van der Waals surface area (Å²) in [7, 11) is 0. The monoisotopic (exact) mass is 372 g/mol. The maximum atomic E-state index is 12.1. The Morgan fingerprint density at radius 1 is 1.36 bits per heavy atom. The van der Waals surface area contributed by atoms with Crippen molar-refractivity contribution in [2.45, 2.75) is 31.0 Å². The molecule has 1 N–H and O–H groups in total. The fraction of sp³-hybridized carbons (Fsp3) is 0.312. The molecule has 0 radical (unpaired) electrons. The summed E-state index contributed by atoms with van der Waals surface area (Å²) in [6.07, 6.45) is 5.73. The van der Waals surface area contributed by atoms with Crippen LogP contribution < -0.4 is 5.32 Å². The summed E-state index contributed by atoms with van der Waals surface area (Å²) in [5.74, 6) is 1.03. The third kappa shape index (κ3) is 3.72. The van der Waals surface area contributed by atoms with E-state index >= 15 is 0 Å². The van der Waals surface area contributed by atoms with Crippen molar-refractivity contribution < 1.29 is 4.79 Å². The predicted molar refractivity (Wildman–Crippen MR) is 97.7 cm³/mol. The van der Waals surface area contributed by atoms with Crippen molar-refractivity contribution >= 4 is 34.1 Å². The molecule has 3 aromatic rings. The number of nitrogens with one attached hydrogen (secondary N) is 1. The van der Waals surface area contributed by atoms with E-state index in [9.17, 15) is 4.79 Å². The third-order valence-electron chi connectivity index (χ3n) is 3.71. The van der Waals surface area contributed by atoms with Gasteiger partial charge in [-0.2, -0.15) is 0 Å². The van der Waals surface area contributed by atoms with Crippen molar-refractivity contribution in [2.24, 2.45) is 0 Å². The molecule has 0 aliphatic heterocycles. The van der Waals surface area contributed by atoms with Crippen molar-refractivity contribution in [1.29, 1.82) is 0 Å². The highest BCUT2D eigenvalue weighted by Crippen LogP contribution is 2.40. The first kappa shape index (κ1) is 16.2. The van der Waals surface area contributed by atoms with Gasteiger partial charge in [0.2, 0.25) is 5.91 Å². The number of anilines is 1. The number of carbonyl (C=O) groups is 1. The van der Waals surface area contributed by atoms with Gasteiger partial charge in [-0.3, -0.25) is 14.3 Å². The largest absolute Gasteiger partial charge is 0.301 e. The number of thioether (sulfide) groups is 1. The smallest absolute Gasteiger partial charge is 0.236 e. The van der Waals surface area contributed by atoms with Crippen LogP contribution in [0.15, 0.2) is 35.1 Å². The molecule has 0 atom stereocenters. The zero-order valence-corrected chi connectivity index (χ0v) is 15.2. The molecule has 1 saturated carbocycles. The SMILES string of the molecule is Cc1csc(NC(=O)CSc2nnc(-c3ccncc3)n2C2CC2)n1. The summed E-state index contributed by atoms with van der Waals surface area (Å²) in [6.45, 7) is 1.90. The van der Waals surface area contributed by atoms with E-state index in [-0.39, 0.29) is 11.7 Å². The summed E-state index contributed by atoms with van der Waals surface area (Å²) in [5.41, 5.74) is 1.90. The molecule has 0 unspecified atom stereocenters. The van der Waals surface area contributed by atoms with Crippen LogP contribution in [0.2, 0.25) is 0 Å². The summed E-state index contributed by atoms with van der Waals surface area (Å²) >= 11 is 2.83. The Kier molecular flexibility index (Phi) is 4.50. The number of carbonyl (C=O) groups excluding carboxylic acids is 1. The second-order valence-corrected chi connectivity index (χ2v) is 7.57. The lowest BCUT2D eigenvalue weighted by molar-refractivity contribution is -0.113. The van der Waals surface area contributed by atoms with Gasteiger partial charge in [-0.15, -0.1) is 21.5 Å². The van der Waals surface area contributed by atoms with Crippen LogP contribution in [-0.4, -0.2) is 36.4 Å². The minimum Gasteiger partial charge on any atom is -0.301 e. The molecule has 4 rings (SSSR count). The summed E-state index contributed by atoms with van der Waals surface area (Å²) in [6, 6.07) is 4.27. The van der Waals surface area contributed by atoms with E-state index in [2.05, 4.69) is 30.0 Å². The van der Waals surface area contributed by atoms with Crippen LogP contribution in [0.4, 0.5) is 5.13 Å². The summed E-state index contributed by atoms with van der Waals surface area (Å²) in [5, 5.41) is 14.8. The van der Waals surface area contributed by atoms with E-state index in [1.807, 2.05) is 24.4 Å². The third-order valence-corrected chi connectivity index (χ3v) is 5.53. The Hall–Kier alpha value is -2.26. The normalized spacial score (nSPS) is 13.8. The van der Waals surface area contributed by atoms with Gasteiger partial charge in [0.15, 0.2) is 16.1 Å². The van der Waals surface area contributed by atoms with Gasteiger partial charge in [-0.1, -0.05) is 11.8 Å². The van der Waals surface area contributed by atoms with Crippen LogP contribution >= 0.6 is 23.1 Å². The van der Waals surface area contributed by atoms with Crippen LogP contribution in [-0.2, 0) is 4.79 Å². The average Bonchev–Trinajstić information content (AvgIpc) is 3.24. The van der Waals surface area contributed by atoms with Crippen LogP contribution in [0.1, 0.15) is 24.6 Å². The molecule has 1 aliphatic carbocycles. The van der Waals surface area contributed by atoms with Crippen LogP contribution in [0, 0.1) is 6.92 Å². The minimum atomic E-state index is -0.0878. The molecular formula is C16H16N6OS2. The highest BCUT2D eigenvalue weighted by molar-refractivity contribution is 7.99. The second-order valence-electron chi connectivity index (χ2n) is 5.77.